The molecule has 0 aliphatic heterocycles. The molecule has 1 unspecified atom stereocenters. The van der Waals surface area contributed by atoms with E-state index in [0.29, 0.717) is 25.1 Å². The highest BCUT2D eigenvalue weighted by Crippen LogP contribution is 2.16. The molecule has 3 aromatic carbocycles. The van der Waals surface area contributed by atoms with E-state index in [1.165, 1.54) is 12.1 Å². The minimum atomic E-state index is -3.73. The van der Waals surface area contributed by atoms with E-state index >= 15 is 0 Å². The Kier molecular flexibility index (Phi) is 8.56. The summed E-state index contributed by atoms with van der Waals surface area (Å²) in [5.74, 6) is -0.318. The van der Waals surface area contributed by atoms with Crippen LogP contribution >= 0.6 is 0 Å². The van der Waals surface area contributed by atoms with Gasteiger partial charge in [-0.15, -0.1) is 0 Å². The first-order valence-corrected chi connectivity index (χ1v) is 12.0. The van der Waals surface area contributed by atoms with Gasteiger partial charge in [-0.1, -0.05) is 66.7 Å². The number of ether oxygens (including phenoxy) is 1. The molecule has 0 aliphatic rings. The van der Waals surface area contributed by atoms with Crippen LogP contribution in [0.15, 0.2) is 89.8 Å². The molecule has 0 spiro atoms. The highest BCUT2D eigenvalue weighted by atomic mass is 32.2. The number of hydrogen-bond acceptors (Lipinski definition) is 4. The van der Waals surface area contributed by atoms with Crippen LogP contribution in [0.1, 0.15) is 40.9 Å². The molecule has 0 radical (unpaired) electrons. The Morgan fingerprint density at radius 2 is 1.62 bits per heavy atom. The number of hydrogen-bond donors (Lipinski definition) is 2. The molecule has 32 heavy (non-hydrogen) atoms. The molecule has 0 saturated heterocycles. The van der Waals surface area contributed by atoms with E-state index in [4.69, 9.17) is 4.74 Å². The van der Waals surface area contributed by atoms with Crippen molar-refractivity contribution in [2.75, 3.05) is 13.2 Å². The molecule has 1 atom stereocenters. The fourth-order valence-corrected chi connectivity index (χ4v) is 4.18. The quantitative estimate of drug-likeness (QED) is 0.430. The normalized spacial score (nSPS) is 12.3. The van der Waals surface area contributed by atoms with Crippen molar-refractivity contribution < 1.29 is 17.9 Å². The molecule has 0 fully saturated rings. The van der Waals surface area contributed by atoms with Gasteiger partial charge in [0.1, 0.15) is 0 Å². The Labute approximate surface area is 189 Å². The van der Waals surface area contributed by atoms with Crippen LogP contribution in [-0.4, -0.2) is 27.5 Å². The summed E-state index contributed by atoms with van der Waals surface area (Å²) in [5, 5.41) is 2.81. The van der Waals surface area contributed by atoms with Gasteiger partial charge in [0.15, 0.2) is 0 Å². The Morgan fingerprint density at radius 3 is 2.34 bits per heavy atom. The third-order valence-electron chi connectivity index (χ3n) is 4.96. The summed E-state index contributed by atoms with van der Waals surface area (Å²) in [4.78, 5) is 12.5. The summed E-state index contributed by atoms with van der Waals surface area (Å²) in [6.45, 7) is 3.12. The Hall–Kier alpha value is -3.00. The van der Waals surface area contributed by atoms with Crippen molar-refractivity contribution in [3.05, 3.63) is 102 Å². The molecule has 0 aromatic heterocycles. The average Bonchev–Trinajstić information content (AvgIpc) is 2.83. The van der Waals surface area contributed by atoms with Gasteiger partial charge < -0.3 is 10.1 Å². The van der Waals surface area contributed by atoms with Crippen LogP contribution in [0, 0.1) is 0 Å². The number of benzene rings is 3. The summed E-state index contributed by atoms with van der Waals surface area (Å²) >= 11 is 0. The number of sulfonamides is 1. The van der Waals surface area contributed by atoms with Gasteiger partial charge in [0.2, 0.25) is 10.0 Å². The lowest BCUT2D eigenvalue weighted by atomic mass is 10.1. The van der Waals surface area contributed by atoms with Crippen LogP contribution in [0.4, 0.5) is 0 Å². The molecule has 0 heterocycles. The summed E-state index contributed by atoms with van der Waals surface area (Å²) in [7, 11) is -3.73. The van der Waals surface area contributed by atoms with Gasteiger partial charge in [0, 0.05) is 25.3 Å². The predicted octanol–water partition coefficient (Wildman–Crippen LogP) is 4.06. The zero-order chi connectivity index (χ0) is 22.8. The number of carbonyl (C=O) groups is 1. The summed E-state index contributed by atoms with van der Waals surface area (Å²) in [6, 6.07) is 25.2. The van der Waals surface area contributed by atoms with Gasteiger partial charge in [0.25, 0.3) is 5.91 Å². The van der Waals surface area contributed by atoms with Crippen molar-refractivity contribution in [2.24, 2.45) is 0 Å². The first-order valence-electron chi connectivity index (χ1n) is 10.5. The number of amides is 1. The van der Waals surface area contributed by atoms with E-state index in [2.05, 4.69) is 10.0 Å². The summed E-state index contributed by atoms with van der Waals surface area (Å²) < 4.78 is 33.6. The molecule has 2 N–H and O–H groups in total. The van der Waals surface area contributed by atoms with E-state index in [1.54, 1.807) is 12.1 Å². The van der Waals surface area contributed by atoms with Gasteiger partial charge in [-0.3, -0.25) is 4.79 Å². The Bertz CT molecular complexity index is 1100. The van der Waals surface area contributed by atoms with Gasteiger partial charge in [-0.2, -0.15) is 0 Å². The molecule has 3 aromatic rings. The number of nitrogens with one attached hydrogen (secondary N) is 2. The van der Waals surface area contributed by atoms with Crippen LogP contribution in [0.3, 0.4) is 0 Å². The summed E-state index contributed by atoms with van der Waals surface area (Å²) in [6.07, 6.45) is 0.636. The maximum Gasteiger partial charge on any atom is 0.251 e. The predicted molar refractivity (Wildman–Crippen MR) is 125 cm³/mol. The van der Waals surface area contributed by atoms with Crippen LogP contribution in [0.5, 0.6) is 0 Å². The van der Waals surface area contributed by atoms with E-state index in [0.717, 1.165) is 11.1 Å². The first-order chi connectivity index (χ1) is 15.5. The lowest BCUT2D eigenvalue weighted by molar-refractivity contribution is 0.0635. The standard InChI is InChI=1S/C25H28N2O4S/c1-20(22-12-6-3-7-13-22)31-17-9-16-26-25(28)23-14-8-15-24(18-23)32(29,30)27-19-21-10-4-2-5-11-21/h2-8,10-15,18,20,27H,9,16-17,19H2,1H3,(H,26,28). The monoisotopic (exact) mass is 452 g/mol. The molecule has 168 valence electrons. The SMILES string of the molecule is CC(OCCCNC(=O)c1cccc(S(=O)(=O)NCc2ccccc2)c1)c1ccccc1. The second-order valence-corrected chi connectivity index (χ2v) is 9.14. The highest BCUT2D eigenvalue weighted by molar-refractivity contribution is 7.89. The van der Waals surface area contributed by atoms with Crippen LogP contribution in [0.25, 0.3) is 0 Å². The second-order valence-electron chi connectivity index (χ2n) is 7.37. The van der Waals surface area contributed by atoms with Gasteiger partial charge >= 0.3 is 0 Å². The first kappa shape index (κ1) is 23.7. The van der Waals surface area contributed by atoms with E-state index in [1.807, 2.05) is 67.6 Å². The van der Waals surface area contributed by atoms with Crippen LogP contribution in [0.2, 0.25) is 0 Å². The fourth-order valence-electron chi connectivity index (χ4n) is 3.12. The maximum absolute atomic E-state index is 12.6. The molecule has 3 rings (SSSR count). The van der Waals surface area contributed by atoms with E-state index in [-0.39, 0.29) is 23.5 Å². The van der Waals surface area contributed by atoms with Crippen LogP contribution in [-0.2, 0) is 21.3 Å². The second kappa shape index (κ2) is 11.6. The van der Waals surface area contributed by atoms with Crippen molar-refractivity contribution in [1.82, 2.24) is 10.0 Å². The minimum absolute atomic E-state index is 0.0165. The lowest BCUT2D eigenvalue weighted by Gasteiger charge is -2.13. The van der Waals surface area contributed by atoms with Crippen molar-refractivity contribution in [3.8, 4) is 0 Å². The number of rotatable bonds is 11. The molecular weight excluding hydrogens is 424 g/mol. The lowest BCUT2D eigenvalue weighted by Crippen LogP contribution is -2.26. The minimum Gasteiger partial charge on any atom is -0.374 e. The van der Waals surface area contributed by atoms with Gasteiger partial charge in [0.05, 0.1) is 11.0 Å². The van der Waals surface area contributed by atoms with E-state index < -0.39 is 10.0 Å². The molecular formula is C25H28N2O4S. The molecule has 1 amide bonds. The molecule has 7 heteroatoms. The molecule has 6 nitrogen and oxygen atoms in total. The number of carbonyl (C=O) groups excluding carboxylic acids is 1. The van der Waals surface area contributed by atoms with Crippen molar-refractivity contribution in [2.45, 2.75) is 30.9 Å². The molecule has 0 bridgehead atoms. The Morgan fingerprint density at radius 1 is 0.938 bits per heavy atom. The zero-order valence-electron chi connectivity index (χ0n) is 18.0. The third kappa shape index (κ3) is 7.02. The zero-order valence-corrected chi connectivity index (χ0v) is 18.8. The van der Waals surface area contributed by atoms with Crippen molar-refractivity contribution in [3.63, 3.8) is 0 Å². The van der Waals surface area contributed by atoms with Gasteiger partial charge in [-0.25, -0.2) is 13.1 Å². The maximum atomic E-state index is 12.6. The third-order valence-corrected chi connectivity index (χ3v) is 6.36. The molecule has 0 saturated carbocycles. The summed E-state index contributed by atoms with van der Waals surface area (Å²) in [5.41, 5.74) is 2.26. The van der Waals surface area contributed by atoms with Crippen molar-refractivity contribution >= 4 is 15.9 Å². The fraction of sp³-hybridized carbons (Fsp3) is 0.240. The smallest absolute Gasteiger partial charge is 0.251 e. The van der Waals surface area contributed by atoms with E-state index in [9.17, 15) is 13.2 Å². The van der Waals surface area contributed by atoms with Crippen molar-refractivity contribution in [1.29, 1.82) is 0 Å². The highest BCUT2D eigenvalue weighted by Gasteiger charge is 2.16. The van der Waals surface area contributed by atoms with Gasteiger partial charge in [-0.05, 0) is 42.7 Å². The topological polar surface area (TPSA) is 84.5 Å². The van der Waals surface area contributed by atoms with Crippen LogP contribution < -0.4 is 10.0 Å². The molecule has 0 aliphatic carbocycles. The average molecular weight is 453 g/mol. The largest absolute Gasteiger partial charge is 0.374 e. The Balaban J connectivity index is 1.47.